The van der Waals surface area contributed by atoms with Crippen molar-refractivity contribution in [3.8, 4) is 0 Å². The second kappa shape index (κ2) is 8.60. The molecule has 2 rings (SSSR count). The number of carbonyl (C=O) groups excluding carboxylic acids is 1. The summed E-state index contributed by atoms with van der Waals surface area (Å²) in [5.74, 6) is 0.627. The van der Waals surface area contributed by atoms with Crippen molar-refractivity contribution in [1.82, 2.24) is 5.32 Å². The van der Waals surface area contributed by atoms with Crippen molar-refractivity contribution >= 4 is 18.2 Å². The van der Waals surface area contributed by atoms with Gasteiger partial charge in [0.05, 0.1) is 6.04 Å². The summed E-state index contributed by atoms with van der Waals surface area (Å²) >= 11 is 0. The summed E-state index contributed by atoms with van der Waals surface area (Å²) < 4.78 is 0. The molecule has 1 atom stereocenters. The Morgan fingerprint density at radius 3 is 2.00 bits per heavy atom. The van der Waals surface area contributed by atoms with E-state index in [-0.39, 0.29) is 24.2 Å². The number of nitrogens with one attached hydrogen (secondary N) is 1. The molecule has 3 heteroatoms. The molecule has 0 fully saturated rings. The molecule has 0 amide bonds. The average Bonchev–Trinajstić information content (AvgIpc) is 2.49. The standard InChI is InChI=1S/C18H21NO.ClH/c1-14(2)13-19-17(15-9-5-3-6-10-15)18(20)16-11-7-4-8-12-16;/h3-12,14,17,19H,13H2,1-2H3;1H. The summed E-state index contributed by atoms with van der Waals surface area (Å²) in [4.78, 5) is 12.7. The monoisotopic (exact) mass is 303 g/mol. The predicted octanol–water partition coefficient (Wildman–Crippen LogP) is 4.28. The van der Waals surface area contributed by atoms with Gasteiger partial charge in [0.25, 0.3) is 0 Å². The highest BCUT2D eigenvalue weighted by Gasteiger charge is 2.21. The maximum atomic E-state index is 12.7. The fourth-order valence-corrected chi connectivity index (χ4v) is 2.13. The Morgan fingerprint density at radius 1 is 0.952 bits per heavy atom. The van der Waals surface area contributed by atoms with Crippen molar-refractivity contribution in [3.05, 3.63) is 71.8 Å². The second-order valence-electron chi connectivity index (χ2n) is 5.38. The first kappa shape index (κ1) is 17.4. The molecule has 0 aliphatic heterocycles. The van der Waals surface area contributed by atoms with Crippen molar-refractivity contribution in [1.29, 1.82) is 0 Å². The largest absolute Gasteiger partial charge is 0.303 e. The summed E-state index contributed by atoms with van der Waals surface area (Å²) in [7, 11) is 0. The molecule has 2 aromatic carbocycles. The maximum Gasteiger partial charge on any atom is 0.184 e. The Balaban J connectivity index is 0.00000220. The van der Waals surface area contributed by atoms with E-state index >= 15 is 0 Å². The van der Waals surface area contributed by atoms with E-state index in [0.29, 0.717) is 5.92 Å². The topological polar surface area (TPSA) is 29.1 Å². The van der Waals surface area contributed by atoms with Crippen LogP contribution in [0.1, 0.15) is 35.8 Å². The normalized spacial score (nSPS) is 11.8. The van der Waals surface area contributed by atoms with Gasteiger partial charge >= 0.3 is 0 Å². The number of halogens is 1. The van der Waals surface area contributed by atoms with Crippen LogP contribution in [0.15, 0.2) is 60.7 Å². The van der Waals surface area contributed by atoms with Crippen LogP contribution in [-0.2, 0) is 0 Å². The molecule has 0 radical (unpaired) electrons. The van der Waals surface area contributed by atoms with E-state index in [1.54, 1.807) is 0 Å². The summed E-state index contributed by atoms with van der Waals surface area (Å²) in [6, 6.07) is 19.1. The van der Waals surface area contributed by atoms with E-state index in [1.165, 1.54) is 0 Å². The predicted molar refractivity (Wildman–Crippen MR) is 90.0 cm³/mol. The van der Waals surface area contributed by atoms with Gasteiger partial charge in [0.1, 0.15) is 0 Å². The molecule has 0 spiro atoms. The lowest BCUT2D eigenvalue weighted by Crippen LogP contribution is -2.31. The van der Waals surface area contributed by atoms with Crippen molar-refractivity contribution < 1.29 is 4.79 Å². The number of ketones is 1. The number of hydrogen-bond donors (Lipinski definition) is 1. The van der Waals surface area contributed by atoms with Gasteiger partial charge in [-0.3, -0.25) is 4.79 Å². The molecule has 0 saturated heterocycles. The molecule has 1 N–H and O–H groups in total. The van der Waals surface area contributed by atoms with E-state index in [4.69, 9.17) is 0 Å². The molecule has 2 aromatic rings. The minimum absolute atomic E-state index is 0. The van der Waals surface area contributed by atoms with Gasteiger partial charge in [-0.05, 0) is 18.0 Å². The third kappa shape index (κ3) is 5.00. The Hall–Kier alpha value is -1.64. The molecule has 21 heavy (non-hydrogen) atoms. The lowest BCUT2D eigenvalue weighted by molar-refractivity contribution is 0.0941. The first-order chi connectivity index (χ1) is 9.68. The molecule has 0 saturated carbocycles. The van der Waals surface area contributed by atoms with Crippen LogP contribution < -0.4 is 5.32 Å². The minimum Gasteiger partial charge on any atom is -0.303 e. The van der Waals surface area contributed by atoms with Crippen molar-refractivity contribution in [2.45, 2.75) is 19.9 Å². The number of hydrogen-bond acceptors (Lipinski definition) is 2. The number of rotatable bonds is 6. The Labute approximate surface area is 133 Å². The minimum atomic E-state index is -0.277. The first-order valence-electron chi connectivity index (χ1n) is 7.06. The van der Waals surface area contributed by atoms with Crippen LogP contribution in [0.3, 0.4) is 0 Å². The van der Waals surface area contributed by atoms with Gasteiger partial charge < -0.3 is 5.32 Å². The quantitative estimate of drug-likeness (QED) is 0.807. The molecular formula is C18H22ClNO. The fraction of sp³-hybridized carbons (Fsp3) is 0.278. The molecule has 0 aliphatic rings. The van der Waals surface area contributed by atoms with Gasteiger partial charge in [-0.1, -0.05) is 74.5 Å². The first-order valence-corrected chi connectivity index (χ1v) is 7.06. The molecular weight excluding hydrogens is 282 g/mol. The van der Waals surface area contributed by atoms with Crippen molar-refractivity contribution in [2.75, 3.05) is 6.54 Å². The number of carbonyl (C=O) groups is 1. The zero-order chi connectivity index (χ0) is 14.4. The van der Waals surface area contributed by atoms with Crippen molar-refractivity contribution in [3.63, 3.8) is 0 Å². The molecule has 1 unspecified atom stereocenters. The fourth-order valence-electron chi connectivity index (χ4n) is 2.13. The maximum absolute atomic E-state index is 12.7. The van der Waals surface area contributed by atoms with Gasteiger partial charge in [-0.25, -0.2) is 0 Å². The zero-order valence-electron chi connectivity index (χ0n) is 12.5. The summed E-state index contributed by atoms with van der Waals surface area (Å²) in [5.41, 5.74) is 1.76. The lowest BCUT2D eigenvalue weighted by atomic mass is 9.97. The van der Waals surface area contributed by atoms with Gasteiger partial charge in [0.15, 0.2) is 5.78 Å². The van der Waals surface area contributed by atoms with E-state index in [1.807, 2.05) is 60.7 Å². The molecule has 112 valence electrons. The van der Waals surface area contributed by atoms with E-state index in [0.717, 1.165) is 17.7 Å². The molecule has 0 aliphatic carbocycles. The van der Waals surface area contributed by atoms with Gasteiger partial charge in [0.2, 0.25) is 0 Å². The Morgan fingerprint density at radius 2 is 1.48 bits per heavy atom. The third-order valence-electron chi connectivity index (χ3n) is 3.18. The van der Waals surface area contributed by atoms with Crippen LogP contribution in [0.2, 0.25) is 0 Å². The van der Waals surface area contributed by atoms with E-state index in [9.17, 15) is 4.79 Å². The highest BCUT2D eigenvalue weighted by molar-refractivity contribution is 6.00. The smallest absolute Gasteiger partial charge is 0.184 e. The van der Waals surface area contributed by atoms with E-state index in [2.05, 4.69) is 19.2 Å². The summed E-state index contributed by atoms with van der Waals surface area (Å²) in [6.07, 6.45) is 0. The van der Waals surface area contributed by atoms with Crippen LogP contribution in [0, 0.1) is 5.92 Å². The summed E-state index contributed by atoms with van der Waals surface area (Å²) in [5, 5.41) is 3.38. The average molecular weight is 304 g/mol. The van der Waals surface area contributed by atoms with Crippen molar-refractivity contribution in [2.24, 2.45) is 5.92 Å². The Bertz CT molecular complexity index is 540. The zero-order valence-corrected chi connectivity index (χ0v) is 13.3. The van der Waals surface area contributed by atoms with Crippen LogP contribution in [0.4, 0.5) is 0 Å². The van der Waals surface area contributed by atoms with Gasteiger partial charge in [-0.2, -0.15) is 0 Å². The molecule has 0 heterocycles. The van der Waals surface area contributed by atoms with Crippen LogP contribution in [0.25, 0.3) is 0 Å². The number of Topliss-reactive ketones (excluding diaryl/α,β-unsaturated/α-hetero) is 1. The molecule has 0 aromatic heterocycles. The highest BCUT2D eigenvalue weighted by Crippen LogP contribution is 2.18. The third-order valence-corrected chi connectivity index (χ3v) is 3.18. The van der Waals surface area contributed by atoms with Crippen LogP contribution in [0.5, 0.6) is 0 Å². The van der Waals surface area contributed by atoms with Crippen LogP contribution >= 0.6 is 12.4 Å². The molecule has 2 nitrogen and oxygen atoms in total. The van der Waals surface area contributed by atoms with Gasteiger partial charge in [0, 0.05) is 5.56 Å². The lowest BCUT2D eigenvalue weighted by Gasteiger charge is -2.19. The number of benzene rings is 2. The Kier molecular flexibility index (Phi) is 7.13. The van der Waals surface area contributed by atoms with E-state index < -0.39 is 0 Å². The van der Waals surface area contributed by atoms with Crippen LogP contribution in [-0.4, -0.2) is 12.3 Å². The second-order valence-corrected chi connectivity index (χ2v) is 5.38. The highest BCUT2D eigenvalue weighted by atomic mass is 35.5. The SMILES string of the molecule is CC(C)CNC(C(=O)c1ccccc1)c1ccccc1.Cl. The molecule has 0 bridgehead atoms. The summed E-state index contributed by atoms with van der Waals surface area (Å²) in [6.45, 7) is 5.10. The van der Waals surface area contributed by atoms with Gasteiger partial charge in [-0.15, -0.1) is 12.4 Å².